The molecule has 2 aromatic rings. The Morgan fingerprint density at radius 1 is 0.958 bits per heavy atom. The Bertz CT molecular complexity index is 764. The summed E-state index contributed by atoms with van der Waals surface area (Å²) >= 11 is 0. The van der Waals surface area contributed by atoms with Crippen molar-refractivity contribution in [2.75, 3.05) is 18.0 Å². The Labute approximate surface area is 142 Å². The lowest BCUT2D eigenvalue weighted by atomic mass is 10.0. The number of hydrogen-bond donors (Lipinski definition) is 0. The van der Waals surface area contributed by atoms with E-state index in [4.69, 9.17) is 0 Å². The summed E-state index contributed by atoms with van der Waals surface area (Å²) in [5.74, 6) is -0.238. The number of Topliss-reactive ketones (excluding diaryl/α,β-unsaturated/α-hetero) is 1. The number of ketones is 1. The van der Waals surface area contributed by atoms with Crippen LogP contribution in [0.25, 0.3) is 6.08 Å². The van der Waals surface area contributed by atoms with Gasteiger partial charge in [-0.25, -0.2) is 0 Å². The third-order valence-electron chi connectivity index (χ3n) is 4.33. The zero-order chi connectivity index (χ0) is 16.8. The molecule has 1 fully saturated rings. The van der Waals surface area contributed by atoms with Crippen LogP contribution in [0.15, 0.2) is 60.2 Å². The summed E-state index contributed by atoms with van der Waals surface area (Å²) in [6.45, 7) is 2.20. The smallest absolute Gasteiger partial charge is 0.203 e. The summed E-state index contributed by atoms with van der Waals surface area (Å²) in [5, 5.41) is 9.33. The quantitative estimate of drug-likeness (QED) is 0.475. The number of hydrogen-bond acceptors (Lipinski definition) is 3. The van der Waals surface area contributed by atoms with Gasteiger partial charge >= 0.3 is 0 Å². The van der Waals surface area contributed by atoms with Crippen LogP contribution in [0.5, 0.6) is 0 Å². The van der Waals surface area contributed by atoms with E-state index < -0.39 is 0 Å². The number of carbonyl (C=O) groups excluding carboxylic acids is 1. The first kappa shape index (κ1) is 16.0. The third-order valence-corrected chi connectivity index (χ3v) is 4.33. The molecule has 120 valence electrons. The van der Waals surface area contributed by atoms with Gasteiger partial charge in [-0.15, -0.1) is 0 Å². The van der Waals surface area contributed by atoms with Crippen molar-refractivity contribution in [2.45, 2.75) is 19.3 Å². The van der Waals surface area contributed by atoms with Gasteiger partial charge in [-0.1, -0.05) is 42.5 Å². The molecule has 0 saturated carbocycles. The molecule has 0 unspecified atom stereocenters. The molecule has 0 aromatic heterocycles. The van der Waals surface area contributed by atoms with Crippen molar-refractivity contribution in [3.8, 4) is 6.07 Å². The average Bonchev–Trinajstić information content (AvgIpc) is 2.67. The Kier molecular flexibility index (Phi) is 5.08. The monoisotopic (exact) mass is 316 g/mol. The van der Waals surface area contributed by atoms with Gasteiger partial charge in [0.1, 0.15) is 11.6 Å². The Morgan fingerprint density at radius 3 is 2.25 bits per heavy atom. The number of benzene rings is 2. The van der Waals surface area contributed by atoms with Gasteiger partial charge in [-0.2, -0.15) is 5.26 Å². The summed E-state index contributed by atoms with van der Waals surface area (Å²) in [6, 6.07) is 19.0. The summed E-state index contributed by atoms with van der Waals surface area (Å²) in [6.07, 6.45) is 5.46. The zero-order valence-corrected chi connectivity index (χ0v) is 13.6. The van der Waals surface area contributed by atoms with Crippen LogP contribution in [0.1, 0.15) is 35.2 Å². The first-order valence-corrected chi connectivity index (χ1v) is 8.34. The van der Waals surface area contributed by atoms with Crippen LogP contribution in [0, 0.1) is 11.3 Å². The molecule has 0 amide bonds. The fraction of sp³-hybridized carbons (Fsp3) is 0.238. The van der Waals surface area contributed by atoms with E-state index in [1.807, 2.05) is 24.3 Å². The molecule has 0 atom stereocenters. The topological polar surface area (TPSA) is 44.1 Å². The molecule has 2 aromatic carbocycles. The molecule has 1 aliphatic rings. The second-order valence-electron chi connectivity index (χ2n) is 6.00. The Balaban J connectivity index is 1.78. The van der Waals surface area contributed by atoms with E-state index >= 15 is 0 Å². The second kappa shape index (κ2) is 7.61. The molecule has 0 spiro atoms. The standard InChI is InChI=1S/C21H20N2O/c22-16-19(21(24)18-7-3-1-4-8-18)15-17-9-11-20(12-10-17)23-13-5-2-6-14-23/h1,3-4,7-12,15H,2,5-6,13-14H2/b19-15-. The summed E-state index contributed by atoms with van der Waals surface area (Å²) in [5.41, 5.74) is 2.78. The minimum absolute atomic E-state index is 0.159. The third kappa shape index (κ3) is 3.72. The maximum Gasteiger partial charge on any atom is 0.203 e. The number of nitrogens with zero attached hydrogens (tertiary/aromatic N) is 2. The average molecular weight is 316 g/mol. The highest BCUT2D eigenvalue weighted by Gasteiger charge is 2.13. The molecular formula is C21H20N2O. The molecule has 1 aliphatic heterocycles. The van der Waals surface area contributed by atoms with Crippen LogP contribution < -0.4 is 4.90 Å². The predicted molar refractivity (Wildman–Crippen MR) is 96.9 cm³/mol. The minimum atomic E-state index is -0.238. The number of rotatable bonds is 4. The summed E-state index contributed by atoms with van der Waals surface area (Å²) in [7, 11) is 0. The van der Waals surface area contributed by atoms with Gasteiger partial charge in [-0.05, 0) is 43.0 Å². The van der Waals surface area contributed by atoms with E-state index in [9.17, 15) is 10.1 Å². The molecule has 24 heavy (non-hydrogen) atoms. The van der Waals surface area contributed by atoms with Gasteiger partial charge in [-0.3, -0.25) is 4.79 Å². The fourth-order valence-electron chi connectivity index (χ4n) is 2.99. The largest absolute Gasteiger partial charge is 0.372 e. The summed E-state index contributed by atoms with van der Waals surface area (Å²) in [4.78, 5) is 14.8. The van der Waals surface area contributed by atoms with Crippen LogP contribution in [-0.2, 0) is 0 Å². The van der Waals surface area contributed by atoms with E-state index in [1.54, 1.807) is 30.3 Å². The minimum Gasteiger partial charge on any atom is -0.372 e. The molecule has 3 heteroatoms. The molecule has 0 bridgehead atoms. The molecule has 0 radical (unpaired) electrons. The van der Waals surface area contributed by atoms with Crippen molar-refractivity contribution in [1.82, 2.24) is 0 Å². The van der Waals surface area contributed by atoms with Gasteiger partial charge in [0.05, 0.1) is 0 Å². The maximum absolute atomic E-state index is 12.4. The van der Waals surface area contributed by atoms with Crippen molar-refractivity contribution < 1.29 is 4.79 Å². The van der Waals surface area contributed by atoms with Crippen LogP contribution >= 0.6 is 0 Å². The van der Waals surface area contributed by atoms with E-state index in [1.165, 1.54) is 24.9 Å². The highest BCUT2D eigenvalue weighted by atomic mass is 16.1. The molecule has 1 heterocycles. The van der Waals surface area contributed by atoms with Crippen molar-refractivity contribution in [3.63, 3.8) is 0 Å². The zero-order valence-electron chi connectivity index (χ0n) is 13.6. The molecule has 1 saturated heterocycles. The van der Waals surface area contributed by atoms with Crippen LogP contribution in [0.3, 0.4) is 0 Å². The van der Waals surface area contributed by atoms with E-state index in [0.717, 1.165) is 18.7 Å². The van der Waals surface area contributed by atoms with Gasteiger partial charge in [0, 0.05) is 24.3 Å². The van der Waals surface area contributed by atoms with Gasteiger partial charge in [0.15, 0.2) is 0 Å². The molecule has 0 N–H and O–H groups in total. The van der Waals surface area contributed by atoms with E-state index in [-0.39, 0.29) is 11.4 Å². The van der Waals surface area contributed by atoms with Crippen LogP contribution in [-0.4, -0.2) is 18.9 Å². The Hall–Kier alpha value is -2.86. The molecular weight excluding hydrogens is 296 g/mol. The van der Waals surface area contributed by atoms with Crippen molar-refractivity contribution >= 4 is 17.5 Å². The van der Waals surface area contributed by atoms with Crippen LogP contribution in [0.4, 0.5) is 5.69 Å². The maximum atomic E-state index is 12.4. The highest BCUT2D eigenvalue weighted by Crippen LogP contribution is 2.21. The molecule has 3 rings (SSSR count). The molecule has 3 nitrogen and oxygen atoms in total. The van der Waals surface area contributed by atoms with Crippen molar-refractivity contribution in [2.24, 2.45) is 0 Å². The first-order valence-electron chi connectivity index (χ1n) is 8.34. The number of carbonyl (C=O) groups is 1. The van der Waals surface area contributed by atoms with E-state index in [0.29, 0.717) is 5.56 Å². The lowest BCUT2D eigenvalue weighted by Gasteiger charge is -2.28. The van der Waals surface area contributed by atoms with Gasteiger partial charge < -0.3 is 4.90 Å². The number of piperidine rings is 1. The van der Waals surface area contributed by atoms with Crippen molar-refractivity contribution in [3.05, 3.63) is 71.3 Å². The highest BCUT2D eigenvalue weighted by molar-refractivity contribution is 6.14. The number of nitriles is 1. The van der Waals surface area contributed by atoms with Crippen LogP contribution in [0.2, 0.25) is 0 Å². The predicted octanol–water partition coefficient (Wildman–Crippen LogP) is 4.47. The number of allylic oxidation sites excluding steroid dienone is 1. The lowest BCUT2D eigenvalue weighted by molar-refractivity contribution is 0.104. The number of anilines is 1. The van der Waals surface area contributed by atoms with Gasteiger partial charge in [0.2, 0.25) is 5.78 Å². The van der Waals surface area contributed by atoms with E-state index in [2.05, 4.69) is 17.0 Å². The SMILES string of the molecule is N#C/C(=C/c1ccc(N2CCCCC2)cc1)C(=O)c1ccccc1. The lowest BCUT2D eigenvalue weighted by Crippen LogP contribution is -2.29. The molecule has 0 aliphatic carbocycles. The normalized spacial score (nSPS) is 15.0. The Morgan fingerprint density at radius 2 is 1.62 bits per heavy atom. The fourth-order valence-corrected chi connectivity index (χ4v) is 2.99. The first-order chi connectivity index (χ1) is 11.8. The second-order valence-corrected chi connectivity index (χ2v) is 6.00. The van der Waals surface area contributed by atoms with Gasteiger partial charge in [0.25, 0.3) is 0 Å². The summed E-state index contributed by atoms with van der Waals surface area (Å²) < 4.78 is 0. The van der Waals surface area contributed by atoms with Crippen molar-refractivity contribution in [1.29, 1.82) is 5.26 Å².